The van der Waals surface area contributed by atoms with Crippen LogP contribution >= 0.6 is 0 Å². The third-order valence-corrected chi connectivity index (χ3v) is 2.62. The van der Waals surface area contributed by atoms with E-state index < -0.39 is 0 Å². The number of nitrogens with two attached hydrogens (primary N) is 1. The maximum absolute atomic E-state index is 5.65. The molecule has 0 unspecified atom stereocenters. The van der Waals surface area contributed by atoms with Gasteiger partial charge in [0.15, 0.2) is 0 Å². The summed E-state index contributed by atoms with van der Waals surface area (Å²) in [5.74, 6) is 0. The summed E-state index contributed by atoms with van der Waals surface area (Å²) >= 11 is 0. The summed E-state index contributed by atoms with van der Waals surface area (Å²) in [5, 5.41) is 0. The smallest absolute Gasteiger partial charge is 0.0178 e. The molecule has 1 nitrogen and oxygen atoms in total. The van der Waals surface area contributed by atoms with Crippen LogP contribution in [0.3, 0.4) is 0 Å². The van der Waals surface area contributed by atoms with Crippen molar-refractivity contribution in [2.24, 2.45) is 5.73 Å². The first-order valence-corrected chi connectivity index (χ1v) is 5.16. The van der Waals surface area contributed by atoms with Gasteiger partial charge in [-0.2, -0.15) is 0 Å². The van der Waals surface area contributed by atoms with Crippen LogP contribution in [0.4, 0.5) is 0 Å². The van der Waals surface area contributed by atoms with Crippen molar-refractivity contribution in [3.05, 3.63) is 59.7 Å². The van der Waals surface area contributed by atoms with Gasteiger partial charge in [-0.15, -0.1) is 0 Å². The lowest BCUT2D eigenvalue weighted by molar-refractivity contribution is 1.07. The van der Waals surface area contributed by atoms with Crippen molar-refractivity contribution in [1.29, 1.82) is 0 Å². The number of hydrogen-bond donors (Lipinski definition) is 1. The van der Waals surface area contributed by atoms with Gasteiger partial charge in [0.05, 0.1) is 0 Å². The molecule has 0 atom stereocenters. The Morgan fingerprint density at radius 3 is 2.40 bits per heavy atom. The molecular formula is C14H15N. The predicted octanol–water partition coefficient (Wildman–Crippen LogP) is 3.12. The fraction of sp³-hybridized carbons (Fsp3) is 0.143. The standard InChI is InChI=1S/C14H15N/c1-11-7-8-12(10-15)9-14(11)13-5-3-2-4-6-13/h2-9H,10,15H2,1H3. The maximum Gasteiger partial charge on any atom is 0.0178 e. The minimum atomic E-state index is 0.597. The normalized spacial score (nSPS) is 10.3. The van der Waals surface area contributed by atoms with Crippen molar-refractivity contribution in [3.8, 4) is 11.1 Å². The lowest BCUT2D eigenvalue weighted by Crippen LogP contribution is -1.96. The second-order valence-corrected chi connectivity index (χ2v) is 3.72. The van der Waals surface area contributed by atoms with E-state index in [1.165, 1.54) is 22.3 Å². The molecular weight excluding hydrogens is 182 g/mol. The lowest BCUT2D eigenvalue weighted by atomic mass is 9.98. The van der Waals surface area contributed by atoms with E-state index in [2.05, 4.69) is 49.4 Å². The fourth-order valence-electron chi connectivity index (χ4n) is 1.72. The van der Waals surface area contributed by atoms with Gasteiger partial charge in [-0.1, -0.05) is 42.5 Å². The van der Waals surface area contributed by atoms with Gasteiger partial charge in [-0.05, 0) is 35.2 Å². The zero-order valence-corrected chi connectivity index (χ0v) is 8.90. The maximum atomic E-state index is 5.65. The molecule has 0 spiro atoms. The van der Waals surface area contributed by atoms with Gasteiger partial charge in [0.25, 0.3) is 0 Å². The van der Waals surface area contributed by atoms with Crippen LogP contribution in [0.5, 0.6) is 0 Å². The highest BCUT2D eigenvalue weighted by molar-refractivity contribution is 5.67. The first-order chi connectivity index (χ1) is 7.31. The SMILES string of the molecule is Cc1ccc(CN)cc1-c1ccccc1. The average molecular weight is 197 g/mol. The Balaban J connectivity index is 2.52. The Morgan fingerprint density at radius 1 is 1.00 bits per heavy atom. The highest BCUT2D eigenvalue weighted by atomic mass is 14.5. The molecule has 0 amide bonds. The average Bonchev–Trinajstić information content (AvgIpc) is 2.31. The molecule has 0 heterocycles. The molecule has 76 valence electrons. The molecule has 0 aliphatic rings. The molecule has 15 heavy (non-hydrogen) atoms. The van der Waals surface area contributed by atoms with Gasteiger partial charge in [0, 0.05) is 6.54 Å². The molecule has 0 aromatic heterocycles. The van der Waals surface area contributed by atoms with E-state index in [0.29, 0.717) is 6.54 Å². The Morgan fingerprint density at radius 2 is 1.73 bits per heavy atom. The molecule has 2 aromatic carbocycles. The molecule has 0 bridgehead atoms. The van der Waals surface area contributed by atoms with E-state index in [0.717, 1.165) is 0 Å². The summed E-state index contributed by atoms with van der Waals surface area (Å²) in [6, 6.07) is 16.8. The lowest BCUT2D eigenvalue weighted by Gasteiger charge is -2.07. The zero-order valence-electron chi connectivity index (χ0n) is 8.90. The van der Waals surface area contributed by atoms with Gasteiger partial charge in [-0.25, -0.2) is 0 Å². The second-order valence-electron chi connectivity index (χ2n) is 3.72. The summed E-state index contributed by atoms with van der Waals surface area (Å²) < 4.78 is 0. The number of benzene rings is 2. The Kier molecular flexibility index (Phi) is 2.84. The third kappa shape index (κ3) is 2.08. The van der Waals surface area contributed by atoms with E-state index in [1.54, 1.807) is 0 Å². The summed E-state index contributed by atoms with van der Waals surface area (Å²) in [4.78, 5) is 0. The monoisotopic (exact) mass is 197 g/mol. The summed E-state index contributed by atoms with van der Waals surface area (Å²) in [5.41, 5.74) is 10.6. The van der Waals surface area contributed by atoms with E-state index in [1.807, 2.05) is 6.07 Å². The zero-order chi connectivity index (χ0) is 10.7. The third-order valence-electron chi connectivity index (χ3n) is 2.62. The van der Waals surface area contributed by atoms with Crippen molar-refractivity contribution >= 4 is 0 Å². The molecule has 2 aromatic rings. The van der Waals surface area contributed by atoms with Crippen molar-refractivity contribution in [3.63, 3.8) is 0 Å². The largest absolute Gasteiger partial charge is 0.326 e. The van der Waals surface area contributed by atoms with Crippen LogP contribution in [0.1, 0.15) is 11.1 Å². The van der Waals surface area contributed by atoms with Gasteiger partial charge in [0.2, 0.25) is 0 Å². The second kappa shape index (κ2) is 4.28. The van der Waals surface area contributed by atoms with Crippen LogP contribution in [-0.4, -0.2) is 0 Å². The number of hydrogen-bond acceptors (Lipinski definition) is 1. The van der Waals surface area contributed by atoms with Gasteiger partial charge < -0.3 is 5.73 Å². The Labute approximate surface area is 90.6 Å². The van der Waals surface area contributed by atoms with Gasteiger partial charge >= 0.3 is 0 Å². The fourth-order valence-corrected chi connectivity index (χ4v) is 1.72. The minimum Gasteiger partial charge on any atom is -0.326 e. The topological polar surface area (TPSA) is 26.0 Å². The van der Waals surface area contributed by atoms with E-state index in [9.17, 15) is 0 Å². The van der Waals surface area contributed by atoms with Gasteiger partial charge in [0.1, 0.15) is 0 Å². The van der Waals surface area contributed by atoms with Crippen LogP contribution < -0.4 is 5.73 Å². The summed E-state index contributed by atoms with van der Waals surface area (Å²) in [7, 11) is 0. The molecule has 2 N–H and O–H groups in total. The molecule has 0 aliphatic heterocycles. The molecule has 0 aliphatic carbocycles. The van der Waals surface area contributed by atoms with E-state index in [-0.39, 0.29) is 0 Å². The highest BCUT2D eigenvalue weighted by Gasteiger charge is 2.01. The van der Waals surface area contributed by atoms with Crippen molar-refractivity contribution < 1.29 is 0 Å². The number of aryl methyl sites for hydroxylation is 1. The van der Waals surface area contributed by atoms with Crippen molar-refractivity contribution in [1.82, 2.24) is 0 Å². The van der Waals surface area contributed by atoms with Crippen LogP contribution in [0, 0.1) is 6.92 Å². The molecule has 0 fully saturated rings. The first-order valence-electron chi connectivity index (χ1n) is 5.16. The molecule has 0 saturated carbocycles. The van der Waals surface area contributed by atoms with Crippen LogP contribution in [0.15, 0.2) is 48.5 Å². The quantitative estimate of drug-likeness (QED) is 0.786. The predicted molar refractivity (Wildman–Crippen MR) is 64.5 cm³/mol. The Bertz CT molecular complexity index is 446. The van der Waals surface area contributed by atoms with Crippen LogP contribution in [-0.2, 0) is 6.54 Å². The summed E-state index contributed by atoms with van der Waals surface area (Å²) in [6.07, 6.45) is 0. The number of rotatable bonds is 2. The van der Waals surface area contributed by atoms with Crippen LogP contribution in [0.2, 0.25) is 0 Å². The van der Waals surface area contributed by atoms with E-state index >= 15 is 0 Å². The minimum absolute atomic E-state index is 0.597. The highest BCUT2D eigenvalue weighted by Crippen LogP contribution is 2.24. The molecule has 2 rings (SSSR count). The molecule has 0 saturated heterocycles. The van der Waals surface area contributed by atoms with Crippen LogP contribution in [0.25, 0.3) is 11.1 Å². The molecule has 1 heteroatoms. The van der Waals surface area contributed by atoms with Gasteiger partial charge in [-0.3, -0.25) is 0 Å². The first kappa shape index (κ1) is 9.94. The van der Waals surface area contributed by atoms with Crippen molar-refractivity contribution in [2.75, 3.05) is 0 Å². The van der Waals surface area contributed by atoms with Crippen molar-refractivity contribution in [2.45, 2.75) is 13.5 Å². The summed E-state index contributed by atoms with van der Waals surface area (Å²) in [6.45, 7) is 2.72. The van der Waals surface area contributed by atoms with E-state index in [4.69, 9.17) is 5.73 Å². The Hall–Kier alpha value is -1.60. The molecule has 0 radical (unpaired) electrons.